The van der Waals surface area contributed by atoms with Crippen molar-refractivity contribution in [3.05, 3.63) is 40.9 Å². The minimum absolute atomic E-state index is 0.0243. The Labute approximate surface area is 174 Å². The fourth-order valence-electron chi connectivity index (χ4n) is 4.07. The van der Waals surface area contributed by atoms with Crippen molar-refractivity contribution in [1.29, 1.82) is 0 Å². The first-order chi connectivity index (χ1) is 14.2. The van der Waals surface area contributed by atoms with Gasteiger partial charge in [0.15, 0.2) is 5.69 Å². The number of methoxy groups -OCH3 is 1. The fourth-order valence-corrected chi connectivity index (χ4v) is 4.50. The number of carbonyl (C=O) groups excluding carboxylic acids is 2. The topological polar surface area (TPSA) is 84.4 Å². The molecule has 2 saturated carbocycles. The molecule has 1 atom stereocenters. The Morgan fingerprint density at radius 3 is 2.59 bits per heavy atom. The van der Waals surface area contributed by atoms with E-state index in [0.29, 0.717) is 11.3 Å². The molecule has 1 unspecified atom stereocenters. The summed E-state index contributed by atoms with van der Waals surface area (Å²) in [5.74, 6) is 0.201. The van der Waals surface area contributed by atoms with Gasteiger partial charge in [0.2, 0.25) is 5.91 Å². The third-order valence-electron chi connectivity index (χ3n) is 5.67. The minimum Gasteiger partial charge on any atom is -0.496 e. The minimum atomic E-state index is -0.755. The Kier molecular flexibility index (Phi) is 6.08. The van der Waals surface area contributed by atoms with Gasteiger partial charge in [0.05, 0.1) is 7.11 Å². The molecular weight excluding hydrogens is 388 g/mol. The van der Waals surface area contributed by atoms with Gasteiger partial charge in [-0.05, 0) is 43.3 Å². The smallest absolute Gasteiger partial charge is 0.276 e. The largest absolute Gasteiger partial charge is 0.496 e. The Bertz CT molecular complexity index is 847. The molecule has 1 heterocycles. The van der Waals surface area contributed by atoms with E-state index in [-0.39, 0.29) is 29.6 Å². The number of ether oxygens (including phenoxy) is 1. The van der Waals surface area contributed by atoms with Crippen LogP contribution in [0.4, 0.5) is 0 Å². The maximum absolute atomic E-state index is 13.5. The Morgan fingerprint density at radius 1 is 1.17 bits per heavy atom. The SMILES string of the molecule is COc1ccccc1C(C(=O)NC1CCCCC1)N(C(=O)c1csnn1)C1CC1. The van der Waals surface area contributed by atoms with Crippen LogP contribution >= 0.6 is 11.5 Å². The van der Waals surface area contributed by atoms with Crippen LogP contribution < -0.4 is 10.1 Å². The third kappa shape index (κ3) is 4.42. The normalized spacial score (nSPS) is 18.1. The Morgan fingerprint density at radius 2 is 1.93 bits per heavy atom. The highest BCUT2D eigenvalue weighted by Crippen LogP contribution is 2.39. The van der Waals surface area contributed by atoms with Crippen LogP contribution in [0.3, 0.4) is 0 Å². The molecule has 0 spiro atoms. The Balaban J connectivity index is 1.70. The van der Waals surface area contributed by atoms with Crippen molar-refractivity contribution in [3.63, 3.8) is 0 Å². The first-order valence-corrected chi connectivity index (χ1v) is 11.1. The molecule has 2 amide bonds. The van der Waals surface area contributed by atoms with Crippen LogP contribution in [0.2, 0.25) is 0 Å². The van der Waals surface area contributed by atoms with Gasteiger partial charge in [-0.3, -0.25) is 9.59 Å². The average molecular weight is 415 g/mol. The van der Waals surface area contributed by atoms with Gasteiger partial charge in [-0.15, -0.1) is 5.10 Å². The van der Waals surface area contributed by atoms with E-state index in [1.165, 1.54) is 6.42 Å². The molecular formula is C21H26N4O3S. The number of rotatable bonds is 7. The van der Waals surface area contributed by atoms with Gasteiger partial charge in [-0.25, -0.2) is 0 Å². The maximum Gasteiger partial charge on any atom is 0.276 e. The van der Waals surface area contributed by atoms with Crippen LogP contribution in [0.1, 0.15) is 67.0 Å². The molecule has 0 saturated heterocycles. The van der Waals surface area contributed by atoms with Crippen LogP contribution in [-0.4, -0.2) is 45.5 Å². The molecule has 2 fully saturated rings. The molecule has 8 heteroatoms. The molecule has 1 N–H and O–H groups in total. The molecule has 1 aromatic carbocycles. The number of aromatic nitrogens is 2. The van der Waals surface area contributed by atoms with Gasteiger partial charge in [0, 0.05) is 23.0 Å². The molecule has 2 aliphatic rings. The van der Waals surface area contributed by atoms with Crippen molar-refractivity contribution < 1.29 is 14.3 Å². The Hall–Kier alpha value is -2.48. The van der Waals surface area contributed by atoms with Crippen molar-refractivity contribution in [3.8, 4) is 5.75 Å². The van der Waals surface area contributed by atoms with Crippen molar-refractivity contribution in [2.45, 2.75) is 63.1 Å². The number of hydrogen-bond acceptors (Lipinski definition) is 6. The van der Waals surface area contributed by atoms with E-state index < -0.39 is 6.04 Å². The van der Waals surface area contributed by atoms with Gasteiger partial charge in [-0.1, -0.05) is 41.9 Å². The number of nitrogens with zero attached hydrogens (tertiary/aromatic N) is 3. The summed E-state index contributed by atoms with van der Waals surface area (Å²) in [6.07, 6.45) is 7.19. The van der Waals surface area contributed by atoms with Crippen molar-refractivity contribution >= 4 is 23.3 Å². The van der Waals surface area contributed by atoms with E-state index >= 15 is 0 Å². The molecule has 0 aliphatic heterocycles. The van der Waals surface area contributed by atoms with E-state index in [0.717, 1.165) is 50.1 Å². The molecule has 2 aromatic rings. The van der Waals surface area contributed by atoms with Gasteiger partial charge in [0.25, 0.3) is 5.91 Å². The molecule has 1 aromatic heterocycles. The number of nitrogens with one attached hydrogen (secondary N) is 1. The van der Waals surface area contributed by atoms with Crippen molar-refractivity contribution in [2.75, 3.05) is 7.11 Å². The van der Waals surface area contributed by atoms with Crippen molar-refractivity contribution in [1.82, 2.24) is 19.8 Å². The zero-order chi connectivity index (χ0) is 20.2. The third-order valence-corrected chi connectivity index (χ3v) is 6.17. The fraction of sp³-hybridized carbons (Fsp3) is 0.524. The summed E-state index contributed by atoms with van der Waals surface area (Å²) >= 11 is 1.14. The number of carbonyl (C=O) groups is 2. The molecule has 0 bridgehead atoms. The first-order valence-electron chi connectivity index (χ1n) is 10.2. The maximum atomic E-state index is 13.5. The lowest BCUT2D eigenvalue weighted by atomic mass is 9.94. The lowest BCUT2D eigenvalue weighted by Gasteiger charge is -2.33. The summed E-state index contributed by atoms with van der Waals surface area (Å²) < 4.78 is 9.37. The highest BCUT2D eigenvalue weighted by Gasteiger charge is 2.43. The number of amides is 2. The highest BCUT2D eigenvalue weighted by molar-refractivity contribution is 7.03. The van der Waals surface area contributed by atoms with Crippen LogP contribution in [0, 0.1) is 0 Å². The summed E-state index contributed by atoms with van der Waals surface area (Å²) in [5.41, 5.74) is 0.985. The van der Waals surface area contributed by atoms with E-state index in [2.05, 4.69) is 14.9 Å². The van der Waals surface area contributed by atoms with Gasteiger partial charge < -0.3 is 15.0 Å². The van der Waals surface area contributed by atoms with Crippen LogP contribution in [0.25, 0.3) is 0 Å². The first kappa shape index (κ1) is 19.8. The van der Waals surface area contributed by atoms with E-state index in [1.54, 1.807) is 17.4 Å². The van der Waals surface area contributed by atoms with E-state index in [9.17, 15) is 9.59 Å². The predicted octanol–water partition coefficient (Wildman–Crippen LogP) is 3.34. The zero-order valence-electron chi connectivity index (χ0n) is 16.5. The van der Waals surface area contributed by atoms with Gasteiger partial charge in [0.1, 0.15) is 11.8 Å². The lowest BCUT2D eigenvalue weighted by Crippen LogP contribution is -2.48. The summed E-state index contributed by atoms with van der Waals surface area (Å²) in [6, 6.07) is 6.86. The molecule has 7 nitrogen and oxygen atoms in total. The van der Waals surface area contributed by atoms with Crippen molar-refractivity contribution in [2.24, 2.45) is 0 Å². The monoisotopic (exact) mass is 414 g/mol. The molecule has 29 heavy (non-hydrogen) atoms. The van der Waals surface area contributed by atoms with E-state index in [4.69, 9.17) is 4.74 Å². The average Bonchev–Trinajstić information content (AvgIpc) is 3.43. The van der Waals surface area contributed by atoms with Crippen LogP contribution in [-0.2, 0) is 4.79 Å². The lowest BCUT2D eigenvalue weighted by molar-refractivity contribution is -0.127. The number of benzene rings is 1. The molecule has 2 aliphatic carbocycles. The zero-order valence-corrected chi connectivity index (χ0v) is 17.4. The quantitative estimate of drug-likeness (QED) is 0.751. The summed E-state index contributed by atoms with van der Waals surface area (Å²) in [6.45, 7) is 0. The number of hydrogen-bond donors (Lipinski definition) is 1. The van der Waals surface area contributed by atoms with Gasteiger partial charge in [-0.2, -0.15) is 0 Å². The second-order valence-corrected chi connectivity index (χ2v) is 8.33. The van der Waals surface area contributed by atoms with Crippen LogP contribution in [0.15, 0.2) is 29.6 Å². The second kappa shape index (κ2) is 8.90. The summed E-state index contributed by atoms with van der Waals surface area (Å²) in [7, 11) is 1.59. The molecule has 154 valence electrons. The van der Waals surface area contributed by atoms with Gasteiger partial charge >= 0.3 is 0 Å². The highest BCUT2D eigenvalue weighted by atomic mass is 32.1. The predicted molar refractivity (Wildman–Crippen MR) is 110 cm³/mol. The summed E-state index contributed by atoms with van der Waals surface area (Å²) in [5, 5.41) is 8.80. The molecule has 4 rings (SSSR count). The summed E-state index contributed by atoms with van der Waals surface area (Å²) in [4.78, 5) is 28.5. The van der Waals surface area contributed by atoms with E-state index in [1.807, 2.05) is 24.3 Å². The standard InChI is InChI=1S/C21H26N4O3S/c1-28-18-10-6-5-9-16(18)19(20(26)22-14-7-3-2-4-8-14)25(15-11-12-15)21(27)17-13-29-24-23-17/h5-6,9-10,13-15,19H,2-4,7-8,11-12H2,1H3,(H,22,26). The van der Waals surface area contributed by atoms with Crippen LogP contribution in [0.5, 0.6) is 5.75 Å². The molecule has 0 radical (unpaired) electrons. The number of para-hydroxylation sites is 1. The second-order valence-electron chi connectivity index (χ2n) is 7.72.